The number of thiophene rings is 1. The number of rotatable bonds is 7. The van der Waals surface area contributed by atoms with Crippen molar-refractivity contribution >= 4 is 23.2 Å². The van der Waals surface area contributed by atoms with Crippen LogP contribution in [0.5, 0.6) is 5.75 Å². The van der Waals surface area contributed by atoms with Gasteiger partial charge in [0.05, 0.1) is 13.7 Å². The second kappa shape index (κ2) is 7.75. The summed E-state index contributed by atoms with van der Waals surface area (Å²) in [7, 11) is 2.85. The highest BCUT2D eigenvalue weighted by Crippen LogP contribution is 2.36. The number of hydrogen-bond donors (Lipinski definition) is 2. The molecule has 0 saturated heterocycles. The molecular weight excluding hydrogens is 318 g/mol. The molecule has 0 bridgehead atoms. The zero-order valence-corrected chi connectivity index (χ0v) is 13.6. The first-order valence-corrected chi connectivity index (χ1v) is 7.64. The summed E-state index contributed by atoms with van der Waals surface area (Å²) in [5.41, 5.74) is 0.960. The Morgan fingerprint density at radius 2 is 1.96 bits per heavy atom. The summed E-state index contributed by atoms with van der Waals surface area (Å²) < 4.78 is 10.1. The quantitative estimate of drug-likeness (QED) is 0.811. The van der Waals surface area contributed by atoms with Crippen LogP contribution in [-0.2, 0) is 9.53 Å². The molecule has 2 N–H and O–H groups in total. The molecule has 0 radical (unpaired) electrons. The lowest BCUT2D eigenvalue weighted by Crippen LogP contribution is -2.43. The number of methoxy groups -OCH3 is 2. The molecule has 1 amide bonds. The van der Waals surface area contributed by atoms with Crippen molar-refractivity contribution in [2.24, 2.45) is 0 Å². The van der Waals surface area contributed by atoms with E-state index in [4.69, 9.17) is 14.6 Å². The predicted octanol–water partition coefficient (Wildman–Crippen LogP) is 2.25. The fourth-order valence-corrected chi connectivity index (χ4v) is 3.03. The minimum absolute atomic E-state index is 0.111. The molecule has 23 heavy (non-hydrogen) atoms. The summed E-state index contributed by atoms with van der Waals surface area (Å²) in [5, 5.41) is 11.5. The fourth-order valence-electron chi connectivity index (χ4n) is 1.99. The van der Waals surface area contributed by atoms with Gasteiger partial charge in [-0.3, -0.25) is 4.79 Å². The van der Waals surface area contributed by atoms with E-state index < -0.39 is 17.9 Å². The van der Waals surface area contributed by atoms with Gasteiger partial charge in [0, 0.05) is 12.0 Å². The third-order valence-electron chi connectivity index (χ3n) is 3.12. The van der Waals surface area contributed by atoms with Gasteiger partial charge in [-0.25, -0.2) is 4.79 Å². The molecule has 0 fully saturated rings. The van der Waals surface area contributed by atoms with Crippen LogP contribution in [-0.4, -0.2) is 43.9 Å². The van der Waals surface area contributed by atoms with Gasteiger partial charge < -0.3 is 19.9 Å². The number of carbonyl (C=O) groups is 2. The maximum Gasteiger partial charge on any atom is 0.328 e. The first-order valence-electron chi connectivity index (χ1n) is 6.82. The SMILES string of the molecule is COCC(NC(=O)c1sc(-c2ccccc2)cc1OC)C(=O)O. The lowest BCUT2D eigenvalue weighted by molar-refractivity contribution is -0.140. The normalized spacial score (nSPS) is 11.7. The second-order valence-electron chi connectivity index (χ2n) is 4.69. The molecule has 0 aliphatic heterocycles. The Hall–Kier alpha value is -2.38. The van der Waals surface area contributed by atoms with Crippen molar-refractivity contribution in [3.05, 3.63) is 41.3 Å². The number of amides is 1. The topological polar surface area (TPSA) is 84.9 Å². The van der Waals surface area contributed by atoms with Crippen molar-refractivity contribution in [3.8, 4) is 16.2 Å². The van der Waals surface area contributed by atoms with Crippen LogP contribution in [0.4, 0.5) is 0 Å². The Morgan fingerprint density at radius 3 is 2.52 bits per heavy atom. The molecule has 0 aliphatic carbocycles. The molecule has 6 nitrogen and oxygen atoms in total. The monoisotopic (exact) mass is 335 g/mol. The molecule has 1 heterocycles. The maximum atomic E-state index is 12.4. The van der Waals surface area contributed by atoms with Crippen LogP contribution >= 0.6 is 11.3 Å². The van der Waals surface area contributed by atoms with Crippen molar-refractivity contribution in [2.75, 3.05) is 20.8 Å². The molecule has 1 aromatic heterocycles. The lowest BCUT2D eigenvalue weighted by Gasteiger charge is -2.13. The zero-order chi connectivity index (χ0) is 16.8. The number of benzene rings is 1. The van der Waals surface area contributed by atoms with Crippen molar-refractivity contribution in [1.82, 2.24) is 5.32 Å². The Balaban J connectivity index is 2.26. The molecule has 2 aromatic rings. The Kier molecular flexibility index (Phi) is 5.72. The highest BCUT2D eigenvalue weighted by Gasteiger charge is 2.24. The average Bonchev–Trinajstić information content (AvgIpc) is 2.99. The maximum absolute atomic E-state index is 12.4. The van der Waals surface area contributed by atoms with Crippen LogP contribution in [0.2, 0.25) is 0 Å². The molecule has 0 saturated carbocycles. The summed E-state index contributed by atoms with van der Waals surface area (Å²) in [6, 6.07) is 10.2. The first-order chi connectivity index (χ1) is 11.1. The van der Waals surface area contributed by atoms with E-state index in [-0.39, 0.29) is 6.61 Å². The number of ether oxygens (including phenoxy) is 2. The third kappa shape index (κ3) is 4.08. The van der Waals surface area contributed by atoms with Gasteiger partial charge in [0.25, 0.3) is 5.91 Å². The van der Waals surface area contributed by atoms with E-state index in [0.29, 0.717) is 10.6 Å². The van der Waals surface area contributed by atoms with Gasteiger partial charge in [-0.2, -0.15) is 0 Å². The number of aliphatic carboxylic acids is 1. The first kappa shape index (κ1) is 17.0. The predicted molar refractivity (Wildman–Crippen MR) is 87.1 cm³/mol. The summed E-state index contributed by atoms with van der Waals surface area (Å²) in [6.07, 6.45) is 0. The van der Waals surface area contributed by atoms with E-state index in [1.165, 1.54) is 25.6 Å². The van der Waals surface area contributed by atoms with E-state index >= 15 is 0 Å². The molecule has 0 aliphatic rings. The average molecular weight is 335 g/mol. The summed E-state index contributed by atoms with van der Waals surface area (Å²) in [4.78, 5) is 24.7. The zero-order valence-electron chi connectivity index (χ0n) is 12.7. The number of carboxylic acid groups (broad SMARTS) is 1. The Bertz CT molecular complexity index is 683. The van der Waals surface area contributed by atoms with Crippen LogP contribution in [0.3, 0.4) is 0 Å². The van der Waals surface area contributed by atoms with Gasteiger partial charge in [-0.05, 0) is 11.6 Å². The van der Waals surface area contributed by atoms with Gasteiger partial charge in [0.1, 0.15) is 10.6 Å². The van der Waals surface area contributed by atoms with Crippen LogP contribution in [0.25, 0.3) is 10.4 Å². The third-order valence-corrected chi connectivity index (χ3v) is 4.28. The Labute approximate surface area is 137 Å². The number of hydrogen-bond acceptors (Lipinski definition) is 5. The smallest absolute Gasteiger partial charge is 0.328 e. The second-order valence-corrected chi connectivity index (χ2v) is 5.75. The molecule has 1 unspecified atom stereocenters. The molecule has 0 spiro atoms. The number of nitrogens with one attached hydrogen (secondary N) is 1. The minimum atomic E-state index is -1.15. The van der Waals surface area contributed by atoms with Crippen LogP contribution < -0.4 is 10.1 Å². The van der Waals surface area contributed by atoms with Crippen molar-refractivity contribution < 1.29 is 24.2 Å². The number of carbonyl (C=O) groups excluding carboxylic acids is 1. The van der Waals surface area contributed by atoms with E-state index in [1.807, 2.05) is 30.3 Å². The number of carboxylic acids is 1. The summed E-state index contributed by atoms with van der Waals surface area (Å²) >= 11 is 1.25. The Morgan fingerprint density at radius 1 is 1.26 bits per heavy atom. The summed E-state index contributed by atoms with van der Waals surface area (Å²) in [6.45, 7) is -0.111. The molecule has 1 aromatic carbocycles. The fraction of sp³-hybridized carbons (Fsp3) is 0.250. The molecular formula is C16H17NO5S. The molecule has 1 atom stereocenters. The minimum Gasteiger partial charge on any atom is -0.495 e. The molecule has 2 rings (SSSR count). The van der Waals surface area contributed by atoms with Crippen molar-refractivity contribution in [3.63, 3.8) is 0 Å². The van der Waals surface area contributed by atoms with Gasteiger partial charge in [-0.15, -0.1) is 11.3 Å². The van der Waals surface area contributed by atoms with Gasteiger partial charge >= 0.3 is 5.97 Å². The van der Waals surface area contributed by atoms with Crippen molar-refractivity contribution in [1.29, 1.82) is 0 Å². The standard InChI is InChI=1S/C16H17NO5S/c1-21-9-11(16(19)20)17-15(18)14-12(22-2)8-13(23-14)10-6-4-3-5-7-10/h3-8,11H,9H2,1-2H3,(H,17,18)(H,19,20). The van der Waals surface area contributed by atoms with Gasteiger partial charge in [-0.1, -0.05) is 30.3 Å². The van der Waals surface area contributed by atoms with Crippen molar-refractivity contribution in [2.45, 2.75) is 6.04 Å². The van der Waals surface area contributed by atoms with E-state index in [0.717, 1.165) is 10.4 Å². The lowest BCUT2D eigenvalue weighted by atomic mass is 10.2. The van der Waals surface area contributed by atoms with Crippen LogP contribution in [0.15, 0.2) is 36.4 Å². The van der Waals surface area contributed by atoms with Crippen LogP contribution in [0, 0.1) is 0 Å². The van der Waals surface area contributed by atoms with Gasteiger partial charge in [0.15, 0.2) is 6.04 Å². The van der Waals surface area contributed by atoms with E-state index in [2.05, 4.69) is 5.32 Å². The summed E-state index contributed by atoms with van der Waals surface area (Å²) in [5.74, 6) is -1.25. The van der Waals surface area contributed by atoms with E-state index in [1.54, 1.807) is 6.07 Å². The van der Waals surface area contributed by atoms with Crippen LogP contribution in [0.1, 0.15) is 9.67 Å². The highest BCUT2D eigenvalue weighted by atomic mass is 32.1. The largest absolute Gasteiger partial charge is 0.495 e. The highest BCUT2D eigenvalue weighted by molar-refractivity contribution is 7.17. The molecule has 122 valence electrons. The van der Waals surface area contributed by atoms with Gasteiger partial charge in [0.2, 0.25) is 0 Å². The van der Waals surface area contributed by atoms with E-state index in [9.17, 15) is 9.59 Å². The molecule has 7 heteroatoms.